The summed E-state index contributed by atoms with van der Waals surface area (Å²) in [5, 5.41) is 2.76. The Kier molecular flexibility index (Phi) is 4.55. The van der Waals surface area contributed by atoms with Crippen molar-refractivity contribution in [1.82, 2.24) is 5.32 Å². The van der Waals surface area contributed by atoms with E-state index >= 15 is 0 Å². The van der Waals surface area contributed by atoms with Gasteiger partial charge >= 0.3 is 6.09 Å². The third-order valence-electron chi connectivity index (χ3n) is 2.76. The van der Waals surface area contributed by atoms with Crippen molar-refractivity contribution in [3.05, 3.63) is 0 Å². The van der Waals surface area contributed by atoms with Crippen LogP contribution in [0.1, 0.15) is 19.3 Å². The SMILES string of the molecule is CS(=O)(=O)C1CCCC1NCCOC(N)=O. The number of nitrogens with two attached hydrogens (primary N) is 1. The predicted molar refractivity (Wildman–Crippen MR) is 59.8 cm³/mol. The van der Waals surface area contributed by atoms with Gasteiger partial charge in [-0.25, -0.2) is 13.2 Å². The molecule has 0 bridgehead atoms. The van der Waals surface area contributed by atoms with E-state index in [0.29, 0.717) is 13.0 Å². The molecule has 0 aliphatic heterocycles. The van der Waals surface area contributed by atoms with Crippen LogP contribution in [0.25, 0.3) is 0 Å². The van der Waals surface area contributed by atoms with Crippen LogP contribution in [0.15, 0.2) is 0 Å². The molecule has 0 radical (unpaired) electrons. The van der Waals surface area contributed by atoms with Gasteiger partial charge in [0, 0.05) is 18.8 Å². The summed E-state index contributed by atoms with van der Waals surface area (Å²) >= 11 is 0. The minimum Gasteiger partial charge on any atom is -0.448 e. The summed E-state index contributed by atoms with van der Waals surface area (Å²) in [5.41, 5.74) is 4.80. The van der Waals surface area contributed by atoms with Crippen LogP contribution in [0, 0.1) is 0 Å². The lowest BCUT2D eigenvalue weighted by atomic mass is 10.2. The maximum atomic E-state index is 11.4. The van der Waals surface area contributed by atoms with Crippen molar-refractivity contribution in [1.29, 1.82) is 0 Å². The Balaban J connectivity index is 2.34. The average molecular weight is 250 g/mol. The molecule has 1 saturated carbocycles. The number of hydrogen-bond acceptors (Lipinski definition) is 5. The maximum absolute atomic E-state index is 11.4. The lowest BCUT2D eigenvalue weighted by Gasteiger charge is -2.19. The minimum absolute atomic E-state index is 0.0357. The Morgan fingerprint density at radius 3 is 2.75 bits per heavy atom. The van der Waals surface area contributed by atoms with Gasteiger partial charge in [0.15, 0.2) is 9.84 Å². The number of carbonyl (C=O) groups excluding carboxylic acids is 1. The lowest BCUT2D eigenvalue weighted by Crippen LogP contribution is -2.41. The van der Waals surface area contributed by atoms with Crippen LogP contribution in [-0.2, 0) is 14.6 Å². The predicted octanol–water partition coefficient (Wildman–Crippen LogP) is -0.363. The second-order valence-electron chi connectivity index (χ2n) is 4.03. The topological polar surface area (TPSA) is 98.5 Å². The molecular formula is C9H18N2O4S. The highest BCUT2D eigenvalue weighted by atomic mass is 32.2. The third-order valence-corrected chi connectivity index (χ3v) is 4.42. The molecule has 0 aromatic heterocycles. The van der Waals surface area contributed by atoms with Crippen molar-refractivity contribution < 1.29 is 17.9 Å². The number of rotatable bonds is 5. The van der Waals surface area contributed by atoms with Crippen LogP contribution in [0.5, 0.6) is 0 Å². The second kappa shape index (κ2) is 5.49. The Morgan fingerprint density at radius 1 is 1.50 bits per heavy atom. The highest BCUT2D eigenvalue weighted by Gasteiger charge is 2.34. The summed E-state index contributed by atoms with van der Waals surface area (Å²) in [6.07, 6.45) is 2.90. The highest BCUT2D eigenvalue weighted by Crippen LogP contribution is 2.24. The molecular weight excluding hydrogens is 232 g/mol. The summed E-state index contributed by atoms with van der Waals surface area (Å²) in [6.45, 7) is 0.599. The van der Waals surface area contributed by atoms with Gasteiger partial charge in [-0.1, -0.05) is 6.42 Å². The summed E-state index contributed by atoms with van der Waals surface area (Å²) in [4.78, 5) is 10.3. The van der Waals surface area contributed by atoms with Crippen molar-refractivity contribution in [2.75, 3.05) is 19.4 Å². The largest absolute Gasteiger partial charge is 0.448 e. The molecule has 1 fully saturated rings. The number of sulfone groups is 1. The summed E-state index contributed by atoms with van der Waals surface area (Å²) in [7, 11) is -3.00. The zero-order chi connectivity index (χ0) is 12.2. The number of ether oxygens (including phenoxy) is 1. The second-order valence-corrected chi connectivity index (χ2v) is 6.29. The molecule has 1 amide bonds. The van der Waals surface area contributed by atoms with Gasteiger partial charge in [0.1, 0.15) is 6.61 Å². The van der Waals surface area contributed by atoms with Gasteiger partial charge in [-0.15, -0.1) is 0 Å². The summed E-state index contributed by atoms with van der Waals surface area (Å²) in [5.74, 6) is 0. The van der Waals surface area contributed by atoms with E-state index in [2.05, 4.69) is 10.1 Å². The normalized spacial score (nSPS) is 25.6. The molecule has 94 valence electrons. The van der Waals surface area contributed by atoms with E-state index in [9.17, 15) is 13.2 Å². The molecule has 0 aromatic carbocycles. The maximum Gasteiger partial charge on any atom is 0.404 e. The first kappa shape index (κ1) is 13.2. The van der Waals surface area contributed by atoms with Gasteiger partial charge in [0.05, 0.1) is 5.25 Å². The fourth-order valence-electron chi connectivity index (χ4n) is 2.07. The van der Waals surface area contributed by atoms with Crippen LogP contribution < -0.4 is 11.1 Å². The van der Waals surface area contributed by atoms with Crippen LogP contribution in [0.2, 0.25) is 0 Å². The molecule has 2 unspecified atom stereocenters. The van der Waals surface area contributed by atoms with Crippen molar-refractivity contribution in [2.24, 2.45) is 5.73 Å². The third kappa shape index (κ3) is 3.97. The number of hydrogen-bond donors (Lipinski definition) is 2. The Labute approximate surface area is 95.4 Å². The number of nitrogens with one attached hydrogen (secondary N) is 1. The fraction of sp³-hybridized carbons (Fsp3) is 0.889. The summed E-state index contributed by atoms with van der Waals surface area (Å²) in [6, 6.07) is -0.0357. The van der Waals surface area contributed by atoms with E-state index in [4.69, 9.17) is 5.73 Å². The standard InChI is InChI=1S/C9H18N2O4S/c1-16(13,14)8-4-2-3-7(8)11-5-6-15-9(10)12/h7-8,11H,2-6H2,1H3,(H2,10,12). The van der Waals surface area contributed by atoms with E-state index < -0.39 is 15.9 Å². The Bertz CT molecular complexity index is 341. The van der Waals surface area contributed by atoms with E-state index in [1.807, 2.05) is 0 Å². The zero-order valence-corrected chi connectivity index (χ0v) is 10.1. The molecule has 2 atom stereocenters. The van der Waals surface area contributed by atoms with Gasteiger partial charge in [0.2, 0.25) is 0 Å². The smallest absolute Gasteiger partial charge is 0.404 e. The van der Waals surface area contributed by atoms with Crippen molar-refractivity contribution in [2.45, 2.75) is 30.6 Å². The van der Waals surface area contributed by atoms with Gasteiger partial charge in [-0.05, 0) is 12.8 Å². The molecule has 0 aromatic rings. The number of carbonyl (C=O) groups is 1. The van der Waals surface area contributed by atoms with Gasteiger partial charge < -0.3 is 15.8 Å². The first-order chi connectivity index (χ1) is 7.41. The Hall–Kier alpha value is -0.820. The van der Waals surface area contributed by atoms with Gasteiger partial charge in [-0.3, -0.25) is 0 Å². The average Bonchev–Trinajstić information content (AvgIpc) is 2.59. The van der Waals surface area contributed by atoms with Crippen molar-refractivity contribution in [3.8, 4) is 0 Å². The van der Waals surface area contributed by atoms with Crippen LogP contribution in [0.4, 0.5) is 4.79 Å². The molecule has 16 heavy (non-hydrogen) atoms. The summed E-state index contributed by atoms with van der Waals surface area (Å²) < 4.78 is 27.4. The van der Waals surface area contributed by atoms with E-state index in [1.165, 1.54) is 6.26 Å². The molecule has 0 saturated heterocycles. The molecule has 7 heteroatoms. The number of primary amides is 1. The van der Waals surface area contributed by atoms with Crippen molar-refractivity contribution >= 4 is 15.9 Å². The monoisotopic (exact) mass is 250 g/mol. The van der Waals surface area contributed by atoms with E-state index in [1.54, 1.807) is 0 Å². The van der Waals surface area contributed by atoms with Crippen molar-refractivity contribution in [3.63, 3.8) is 0 Å². The first-order valence-electron chi connectivity index (χ1n) is 5.25. The quantitative estimate of drug-likeness (QED) is 0.649. The minimum atomic E-state index is -3.00. The lowest BCUT2D eigenvalue weighted by molar-refractivity contribution is 0.156. The van der Waals surface area contributed by atoms with Crippen LogP contribution in [-0.4, -0.2) is 45.2 Å². The molecule has 3 N–H and O–H groups in total. The van der Waals surface area contributed by atoms with E-state index in [0.717, 1.165) is 12.8 Å². The molecule has 6 nitrogen and oxygen atoms in total. The molecule has 1 aliphatic rings. The highest BCUT2D eigenvalue weighted by molar-refractivity contribution is 7.91. The van der Waals surface area contributed by atoms with Crippen LogP contribution in [0.3, 0.4) is 0 Å². The number of amides is 1. The fourth-order valence-corrected chi connectivity index (χ4v) is 3.49. The molecule has 1 rings (SSSR count). The van der Waals surface area contributed by atoms with Gasteiger partial charge in [0.25, 0.3) is 0 Å². The first-order valence-corrected chi connectivity index (χ1v) is 7.21. The molecule has 1 aliphatic carbocycles. The van der Waals surface area contributed by atoms with Crippen LogP contribution >= 0.6 is 0 Å². The molecule has 0 heterocycles. The van der Waals surface area contributed by atoms with Gasteiger partial charge in [-0.2, -0.15) is 0 Å². The zero-order valence-electron chi connectivity index (χ0n) is 9.31. The molecule has 0 spiro atoms. The Morgan fingerprint density at radius 2 is 2.19 bits per heavy atom. The van der Waals surface area contributed by atoms with E-state index in [-0.39, 0.29) is 17.9 Å².